The first-order chi connectivity index (χ1) is 7.72. The Morgan fingerprint density at radius 2 is 2.18 bits per heavy atom. The van der Waals surface area contributed by atoms with Gasteiger partial charge in [0.2, 0.25) is 5.91 Å². The maximum Gasteiger partial charge on any atom is 0.226 e. The molecule has 0 radical (unpaired) electrons. The predicted octanol–water partition coefficient (Wildman–Crippen LogP) is 1.48. The van der Waals surface area contributed by atoms with E-state index in [-0.39, 0.29) is 18.3 Å². The van der Waals surface area contributed by atoms with Crippen molar-refractivity contribution in [3.8, 4) is 0 Å². The van der Waals surface area contributed by atoms with E-state index in [1.165, 1.54) is 6.42 Å². The standard InChI is InChI=1S/C12H22N2OS.ClH/c1-9(8-16-2)12(15)14-4-3-10-5-13-6-11(10)7-14;/h9-11,13H,3-8H2,1-2H3;1H. The molecule has 2 aliphatic heterocycles. The molecular formula is C12H23ClN2OS. The number of hydrogen-bond acceptors (Lipinski definition) is 3. The molecule has 1 amide bonds. The third-order valence-corrected chi connectivity index (χ3v) is 4.69. The van der Waals surface area contributed by atoms with Crippen LogP contribution in [0.5, 0.6) is 0 Å². The molecule has 0 saturated carbocycles. The Balaban J connectivity index is 0.00000144. The first-order valence-corrected chi connectivity index (χ1v) is 7.60. The third kappa shape index (κ3) is 3.52. The number of hydrogen-bond donors (Lipinski definition) is 1. The largest absolute Gasteiger partial charge is 0.342 e. The lowest BCUT2D eigenvalue weighted by atomic mass is 9.88. The van der Waals surface area contributed by atoms with Gasteiger partial charge in [0.1, 0.15) is 0 Å². The number of piperidine rings is 1. The quantitative estimate of drug-likeness (QED) is 0.849. The number of nitrogens with one attached hydrogen (secondary N) is 1. The Kier molecular flexibility index (Phi) is 6.10. The van der Waals surface area contributed by atoms with Crippen LogP contribution in [0.25, 0.3) is 0 Å². The van der Waals surface area contributed by atoms with Crippen LogP contribution in [-0.2, 0) is 4.79 Å². The molecular weight excluding hydrogens is 256 g/mol. The average molecular weight is 279 g/mol. The topological polar surface area (TPSA) is 32.3 Å². The Bertz CT molecular complexity index is 265. The Morgan fingerprint density at radius 3 is 2.88 bits per heavy atom. The summed E-state index contributed by atoms with van der Waals surface area (Å²) < 4.78 is 0. The Hall–Kier alpha value is 0.0700. The molecule has 2 saturated heterocycles. The van der Waals surface area contributed by atoms with Crippen LogP contribution in [-0.4, -0.2) is 49.0 Å². The van der Waals surface area contributed by atoms with Crippen molar-refractivity contribution in [1.29, 1.82) is 0 Å². The van der Waals surface area contributed by atoms with E-state index in [0.717, 1.165) is 37.8 Å². The summed E-state index contributed by atoms with van der Waals surface area (Å²) in [5.41, 5.74) is 0. The third-order valence-electron chi connectivity index (χ3n) is 3.85. The molecule has 2 heterocycles. The molecule has 17 heavy (non-hydrogen) atoms. The molecule has 3 unspecified atom stereocenters. The van der Waals surface area contributed by atoms with Crippen molar-refractivity contribution in [2.24, 2.45) is 17.8 Å². The minimum Gasteiger partial charge on any atom is -0.342 e. The van der Waals surface area contributed by atoms with E-state index < -0.39 is 0 Å². The summed E-state index contributed by atoms with van der Waals surface area (Å²) in [7, 11) is 0. The Labute approximate surface area is 114 Å². The van der Waals surface area contributed by atoms with Crippen LogP contribution in [0.3, 0.4) is 0 Å². The SMILES string of the molecule is CSCC(C)C(=O)N1CCC2CNCC2C1.Cl. The van der Waals surface area contributed by atoms with Gasteiger partial charge in [-0.2, -0.15) is 11.8 Å². The molecule has 0 spiro atoms. The second-order valence-corrected chi connectivity index (χ2v) is 6.02. The molecule has 3 atom stereocenters. The van der Waals surface area contributed by atoms with E-state index in [1.54, 1.807) is 11.8 Å². The fraction of sp³-hybridized carbons (Fsp3) is 0.917. The monoisotopic (exact) mass is 278 g/mol. The van der Waals surface area contributed by atoms with Gasteiger partial charge < -0.3 is 10.2 Å². The van der Waals surface area contributed by atoms with Gasteiger partial charge >= 0.3 is 0 Å². The van der Waals surface area contributed by atoms with Gasteiger partial charge in [0.25, 0.3) is 0 Å². The number of halogens is 1. The molecule has 0 aromatic rings. The van der Waals surface area contributed by atoms with Crippen molar-refractivity contribution in [2.45, 2.75) is 13.3 Å². The van der Waals surface area contributed by atoms with Gasteiger partial charge in [-0.15, -0.1) is 12.4 Å². The van der Waals surface area contributed by atoms with E-state index in [0.29, 0.717) is 11.8 Å². The van der Waals surface area contributed by atoms with E-state index in [4.69, 9.17) is 0 Å². The molecule has 2 rings (SSSR count). The molecule has 1 N–H and O–H groups in total. The van der Waals surface area contributed by atoms with E-state index in [1.807, 2.05) is 0 Å². The van der Waals surface area contributed by atoms with Gasteiger partial charge in [0.05, 0.1) is 0 Å². The summed E-state index contributed by atoms with van der Waals surface area (Å²) >= 11 is 1.76. The smallest absolute Gasteiger partial charge is 0.226 e. The van der Waals surface area contributed by atoms with E-state index in [9.17, 15) is 4.79 Å². The number of rotatable bonds is 3. The van der Waals surface area contributed by atoms with Gasteiger partial charge in [0.15, 0.2) is 0 Å². The van der Waals surface area contributed by atoms with Gasteiger partial charge in [-0.3, -0.25) is 4.79 Å². The summed E-state index contributed by atoms with van der Waals surface area (Å²) in [6, 6.07) is 0. The first-order valence-electron chi connectivity index (χ1n) is 6.20. The van der Waals surface area contributed by atoms with Crippen LogP contribution in [0.1, 0.15) is 13.3 Å². The lowest BCUT2D eigenvalue weighted by Gasteiger charge is -2.35. The zero-order valence-corrected chi connectivity index (χ0v) is 12.3. The van der Waals surface area contributed by atoms with E-state index >= 15 is 0 Å². The highest BCUT2D eigenvalue weighted by Gasteiger charge is 2.35. The zero-order chi connectivity index (χ0) is 11.5. The summed E-state index contributed by atoms with van der Waals surface area (Å²) in [4.78, 5) is 14.3. The van der Waals surface area contributed by atoms with Gasteiger partial charge in [0, 0.05) is 24.8 Å². The molecule has 0 aliphatic carbocycles. The van der Waals surface area contributed by atoms with Gasteiger partial charge in [-0.05, 0) is 37.6 Å². The number of thioether (sulfide) groups is 1. The van der Waals surface area contributed by atoms with Gasteiger partial charge in [-0.25, -0.2) is 0 Å². The number of fused-ring (bicyclic) bond motifs is 1. The molecule has 0 aromatic carbocycles. The van der Waals surface area contributed by atoms with Crippen LogP contribution in [0.15, 0.2) is 0 Å². The zero-order valence-electron chi connectivity index (χ0n) is 10.6. The fourth-order valence-corrected chi connectivity index (χ4v) is 3.51. The normalized spacial score (nSPS) is 29.4. The summed E-state index contributed by atoms with van der Waals surface area (Å²) in [5, 5.41) is 3.44. The van der Waals surface area contributed by atoms with Crippen molar-refractivity contribution in [2.75, 3.05) is 38.2 Å². The molecule has 2 aliphatic rings. The predicted molar refractivity (Wildman–Crippen MR) is 75.8 cm³/mol. The number of carbonyl (C=O) groups excluding carboxylic acids is 1. The summed E-state index contributed by atoms with van der Waals surface area (Å²) in [5.74, 6) is 3.02. The molecule has 100 valence electrons. The first kappa shape index (κ1) is 15.1. The highest BCUT2D eigenvalue weighted by molar-refractivity contribution is 7.98. The van der Waals surface area contributed by atoms with Crippen LogP contribution in [0.4, 0.5) is 0 Å². The number of nitrogens with zero attached hydrogens (tertiary/aromatic N) is 1. The summed E-state index contributed by atoms with van der Waals surface area (Å²) in [6.07, 6.45) is 3.26. The van der Waals surface area contributed by atoms with Crippen LogP contribution in [0.2, 0.25) is 0 Å². The minimum atomic E-state index is 0. The number of likely N-dealkylation sites (tertiary alicyclic amines) is 1. The second kappa shape index (κ2) is 6.86. The Morgan fingerprint density at radius 1 is 1.47 bits per heavy atom. The maximum atomic E-state index is 12.2. The lowest BCUT2D eigenvalue weighted by Crippen LogP contribution is -2.45. The highest BCUT2D eigenvalue weighted by atomic mass is 35.5. The minimum absolute atomic E-state index is 0. The van der Waals surface area contributed by atoms with E-state index in [2.05, 4.69) is 23.4 Å². The van der Waals surface area contributed by atoms with Crippen molar-refractivity contribution in [3.63, 3.8) is 0 Å². The molecule has 0 bridgehead atoms. The maximum absolute atomic E-state index is 12.2. The van der Waals surface area contributed by atoms with Crippen LogP contribution in [0, 0.1) is 17.8 Å². The molecule has 0 aromatic heterocycles. The van der Waals surface area contributed by atoms with Crippen LogP contribution >= 0.6 is 24.2 Å². The number of carbonyl (C=O) groups is 1. The summed E-state index contributed by atoms with van der Waals surface area (Å²) in [6.45, 7) is 6.27. The van der Waals surface area contributed by atoms with Crippen molar-refractivity contribution >= 4 is 30.1 Å². The lowest BCUT2D eigenvalue weighted by molar-refractivity contribution is -0.136. The number of amides is 1. The molecule has 2 fully saturated rings. The fourth-order valence-electron chi connectivity index (χ4n) is 2.87. The molecule has 3 nitrogen and oxygen atoms in total. The van der Waals surface area contributed by atoms with Gasteiger partial charge in [-0.1, -0.05) is 6.92 Å². The van der Waals surface area contributed by atoms with Crippen molar-refractivity contribution in [1.82, 2.24) is 10.2 Å². The van der Waals surface area contributed by atoms with Crippen LogP contribution < -0.4 is 5.32 Å². The molecule has 5 heteroatoms. The van der Waals surface area contributed by atoms with Crippen molar-refractivity contribution < 1.29 is 4.79 Å². The highest BCUT2D eigenvalue weighted by Crippen LogP contribution is 2.27. The second-order valence-electron chi connectivity index (χ2n) is 5.11. The van der Waals surface area contributed by atoms with Crippen molar-refractivity contribution in [3.05, 3.63) is 0 Å². The average Bonchev–Trinajstić information content (AvgIpc) is 2.75.